The van der Waals surface area contributed by atoms with Gasteiger partial charge < -0.3 is 9.47 Å². The fourth-order valence-corrected chi connectivity index (χ4v) is 0.582. The molecule has 0 radical (unpaired) electrons. The van der Waals surface area contributed by atoms with E-state index in [4.69, 9.17) is 0 Å². The fraction of sp³-hybridized carbons (Fsp3) is 0.750. The molecule has 0 spiro atoms. The number of hydrogen-bond donors (Lipinski definition) is 0. The Kier molecular flexibility index (Phi) is 6.48. The van der Waals surface area contributed by atoms with E-state index in [1.807, 2.05) is 0 Å². The van der Waals surface area contributed by atoms with E-state index in [1.165, 1.54) is 0 Å². The van der Waals surface area contributed by atoms with E-state index in [1.54, 1.807) is 0 Å². The van der Waals surface area contributed by atoms with Gasteiger partial charge in [-0.25, -0.2) is 17.6 Å². The Morgan fingerprint density at radius 1 is 1.36 bits per heavy atom. The van der Waals surface area contributed by atoms with Crippen molar-refractivity contribution in [2.75, 3.05) is 26.7 Å². The van der Waals surface area contributed by atoms with Crippen molar-refractivity contribution in [1.29, 1.82) is 0 Å². The van der Waals surface area contributed by atoms with E-state index >= 15 is 0 Å². The Balaban J connectivity index is 3.68. The van der Waals surface area contributed by atoms with Crippen molar-refractivity contribution >= 4 is 0 Å². The summed E-state index contributed by atoms with van der Waals surface area (Å²) in [6.45, 7) is 0.738. The van der Waals surface area contributed by atoms with Crippen LogP contribution in [0.15, 0.2) is 12.7 Å². The molecule has 1 atom stereocenters. The van der Waals surface area contributed by atoms with Crippen LogP contribution in [-0.4, -0.2) is 38.8 Å². The third-order valence-corrected chi connectivity index (χ3v) is 1.41. The summed E-state index contributed by atoms with van der Waals surface area (Å²) in [6, 6.07) is 0. The number of hydrogen-bond acceptors (Lipinski definition) is 2. The molecule has 84 valence electrons. The minimum Gasteiger partial charge on any atom is -0.353 e. The molecule has 0 fully saturated rings. The van der Waals surface area contributed by atoms with Crippen LogP contribution in [0.2, 0.25) is 0 Å². The quantitative estimate of drug-likeness (QED) is 0.268. The predicted molar refractivity (Wildman–Crippen MR) is 42.8 cm³/mol. The van der Waals surface area contributed by atoms with Gasteiger partial charge in [0.05, 0.1) is 13.2 Å². The van der Waals surface area contributed by atoms with Crippen LogP contribution >= 0.6 is 0 Å². The van der Waals surface area contributed by atoms with E-state index in [-0.39, 0.29) is 6.61 Å². The highest BCUT2D eigenvalue weighted by Crippen LogP contribution is 2.22. The molecule has 6 heteroatoms. The molecular weight excluding hydrogens is 204 g/mol. The first kappa shape index (κ1) is 13.4. The average molecular weight is 216 g/mol. The maximum absolute atomic E-state index is 13.0. The Labute approximate surface area is 79.5 Å². The summed E-state index contributed by atoms with van der Waals surface area (Å²) >= 11 is 0. The number of halogens is 4. The van der Waals surface area contributed by atoms with E-state index in [2.05, 4.69) is 16.1 Å². The molecule has 0 aromatic heterocycles. The third-order valence-electron chi connectivity index (χ3n) is 1.41. The molecule has 0 aliphatic rings. The normalized spacial score (nSPS) is 15.5. The molecule has 14 heavy (non-hydrogen) atoms. The van der Waals surface area contributed by atoms with Gasteiger partial charge >= 0.3 is 0 Å². The molecule has 0 aromatic rings. The summed E-state index contributed by atoms with van der Waals surface area (Å²) in [5.41, 5.74) is -2.88. The monoisotopic (exact) mass is 216 g/mol. The van der Waals surface area contributed by atoms with E-state index in [0.29, 0.717) is 6.08 Å². The van der Waals surface area contributed by atoms with Gasteiger partial charge in [-0.3, -0.25) is 0 Å². The topological polar surface area (TPSA) is 18.5 Å². The molecule has 0 rings (SSSR count). The largest absolute Gasteiger partial charge is 0.353 e. The lowest BCUT2D eigenvalue weighted by Gasteiger charge is -2.19. The highest BCUT2D eigenvalue weighted by molar-refractivity contribution is 4.98. The molecule has 0 N–H and O–H groups in total. The van der Waals surface area contributed by atoms with Crippen molar-refractivity contribution < 1.29 is 27.0 Å². The van der Waals surface area contributed by atoms with Gasteiger partial charge in [-0.1, -0.05) is 6.58 Å². The summed E-state index contributed by atoms with van der Waals surface area (Å²) in [7, 11) is 0. The summed E-state index contributed by atoms with van der Waals surface area (Å²) in [6.07, 6.45) is -2.73. The Hall–Kier alpha value is -0.620. The van der Waals surface area contributed by atoms with Crippen LogP contribution in [0.3, 0.4) is 0 Å². The van der Waals surface area contributed by atoms with Crippen molar-refractivity contribution in [3.63, 3.8) is 0 Å². The van der Waals surface area contributed by atoms with Crippen LogP contribution in [-0.2, 0) is 9.47 Å². The SMILES string of the molecule is C=CC(F)(COCOCCF)C(F)F. The molecule has 2 nitrogen and oxygen atoms in total. The fourth-order valence-electron chi connectivity index (χ4n) is 0.582. The smallest absolute Gasteiger partial charge is 0.277 e. The molecular formula is C8H12F4O2. The predicted octanol–water partition coefficient (Wildman–Crippen LogP) is 2.11. The number of rotatable bonds is 8. The molecule has 0 bridgehead atoms. The van der Waals surface area contributed by atoms with Crippen LogP contribution in [0.25, 0.3) is 0 Å². The van der Waals surface area contributed by atoms with Crippen LogP contribution in [0.5, 0.6) is 0 Å². The first-order chi connectivity index (χ1) is 6.56. The maximum atomic E-state index is 13.0. The van der Waals surface area contributed by atoms with E-state index in [0.717, 1.165) is 0 Å². The lowest BCUT2D eigenvalue weighted by molar-refractivity contribution is -0.112. The van der Waals surface area contributed by atoms with Crippen molar-refractivity contribution in [3.05, 3.63) is 12.7 Å². The Morgan fingerprint density at radius 2 is 2.00 bits per heavy atom. The van der Waals surface area contributed by atoms with Crippen molar-refractivity contribution in [3.8, 4) is 0 Å². The minimum atomic E-state index is -3.21. The molecule has 0 aliphatic heterocycles. The molecule has 0 heterocycles. The highest BCUT2D eigenvalue weighted by Gasteiger charge is 2.37. The van der Waals surface area contributed by atoms with Gasteiger partial charge in [0.25, 0.3) is 6.43 Å². The highest BCUT2D eigenvalue weighted by atomic mass is 19.3. The second-order valence-electron chi connectivity index (χ2n) is 2.50. The van der Waals surface area contributed by atoms with Crippen LogP contribution in [0.4, 0.5) is 17.6 Å². The van der Waals surface area contributed by atoms with Gasteiger partial charge in [0.1, 0.15) is 13.5 Å². The van der Waals surface area contributed by atoms with Crippen LogP contribution in [0, 0.1) is 0 Å². The van der Waals surface area contributed by atoms with Crippen LogP contribution in [0.1, 0.15) is 0 Å². The van der Waals surface area contributed by atoms with Crippen molar-refractivity contribution in [2.45, 2.75) is 12.1 Å². The summed E-state index contributed by atoms with van der Waals surface area (Å²) in [5, 5.41) is 0. The Bertz CT molecular complexity index is 165. The summed E-state index contributed by atoms with van der Waals surface area (Å²) in [5.74, 6) is 0. The molecule has 0 aliphatic carbocycles. The van der Waals surface area contributed by atoms with Gasteiger partial charge in [0.2, 0.25) is 5.67 Å². The zero-order valence-electron chi connectivity index (χ0n) is 7.52. The molecule has 0 saturated heterocycles. The molecule has 0 amide bonds. The first-order valence-corrected chi connectivity index (χ1v) is 3.89. The number of ether oxygens (including phenoxy) is 2. The van der Waals surface area contributed by atoms with Gasteiger partial charge in [-0.2, -0.15) is 0 Å². The van der Waals surface area contributed by atoms with E-state index in [9.17, 15) is 17.6 Å². The second kappa shape index (κ2) is 6.78. The standard InChI is InChI=1S/C8H12F4O2/c1-2-8(12,7(10)11)5-14-6-13-4-3-9/h2,7H,1,3-6H2. The number of alkyl halides is 4. The lowest BCUT2D eigenvalue weighted by atomic mass is 10.1. The van der Waals surface area contributed by atoms with Gasteiger partial charge in [0.15, 0.2) is 0 Å². The van der Waals surface area contributed by atoms with E-state index < -0.39 is 32.2 Å². The maximum Gasteiger partial charge on any atom is 0.277 e. The molecule has 0 saturated carbocycles. The summed E-state index contributed by atoms with van der Waals surface area (Å²) < 4.78 is 57.4. The van der Waals surface area contributed by atoms with Gasteiger partial charge in [-0.05, 0) is 6.08 Å². The van der Waals surface area contributed by atoms with Gasteiger partial charge in [0, 0.05) is 0 Å². The molecule has 1 unspecified atom stereocenters. The average Bonchev–Trinajstić information content (AvgIpc) is 2.17. The second-order valence-corrected chi connectivity index (χ2v) is 2.50. The lowest BCUT2D eigenvalue weighted by Crippen LogP contribution is -2.35. The van der Waals surface area contributed by atoms with Crippen LogP contribution < -0.4 is 0 Å². The van der Waals surface area contributed by atoms with Gasteiger partial charge in [-0.15, -0.1) is 0 Å². The minimum absolute atomic E-state index is 0.206. The zero-order chi connectivity index (χ0) is 11.0. The molecule has 0 aromatic carbocycles. The summed E-state index contributed by atoms with van der Waals surface area (Å²) in [4.78, 5) is 0. The van der Waals surface area contributed by atoms with Crippen molar-refractivity contribution in [1.82, 2.24) is 0 Å². The third kappa shape index (κ3) is 4.57. The first-order valence-electron chi connectivity index (χ1n) is 3.89. The van der Waals surface area contributed by atoms with Crippen molar-refractivity contribution in [2.24, 2.45) is 0 Å². The zero-order valence-corrected chi connectivity index (χ0v) is 7.52. The Morgan fingerprint density at radius 3 is 2.43 bits per heavy atom.